The van der Waals surface area contributed by atoms with Crippen LogP contribution in [0.15, 0.2) is 53.7 Å². The van der Waals surface area contributed by atoms with Crippen LogP contribution in [0.4, 0.5) is 5.69 Å². The average molecular weight is 413 g/mol. The first-order chi connectivity index (χ1) is 14.1. The standard InChI is InChI=1S/C21H24N4O3S/c1-15-4-8-17(9-5-15)22-19(26)14-29-21-24-23-20(25(21)12-13-27-2)16-6-10-18(28-3)11-7-16/h4-11H,12-14H2,1-3H3,(H,22,26). The molecular weight excluding hydrogens is 388 g/mol. The zero-order chi connectivity index (χ0) is 20.6. The van der Waals surface area contributed by atoms with Gasteiger partial charge in [-0.3, -0.25) is 9.36 Å². The molecule has 3 rings (SSSR count). The third kappa shape index (κ3) is 5.58. The second-order valence-electron chi connectivity index (χ2n) is 6.38. The first kappa shape index (κ1) is 20.9. The zero-order valence-corrected chi connectivity index (χ0v) is 17.5. The van der Waals surface area contributed by atoms with E-state index in [1.165, 1.54) is 11.8 Å². The van der Waals surface area contributed by atoms with Crippen LogP contribution in [0.25, 0.3) is 11.4 Å². The van der Waals surface area contributed by atoms with E-state index in [0.717, 1.165) is 28.4 Å². The molecular formula is C21H24N4O3S. The number of nitrogens with one attached hydrogen (secondary N) is 1. The number of nitrogens with zero attached hydrogens (tertiary/aromatic N) is 3. The Labute approximate surface area is 174 Å². The number of amides is 1. The first-order valence-electron chi connectivity index (χ1n) is 9.16. The zero-order valence-electron chi connectivity index (χ0n) is 16.7. The summed E-state index contributed by atoms with van der Waals surface area (Å²) in [6.07, 6.45) is 0. The molecule has 0 unspecified atom stereocenters. The van der Waals surface area contributed by atoms with E-state index in [1.54, 1.807) is 14.2 Å². The summed E-state index contributed by atoms with van der Waals surface area (Å²) >= 11 is 1.35. The third-order valence-electron chi connectivity index (χ3n) is 4.25. The fourth-order valence-electron chi connectivity index (χ4n) is 2.70. The van der Waals surface area contributed by atoms with E-state index in [2.05, 4.69) is 15.5 Å². The molecule has 0 fully saturated rings. The highest BCUT2D eigenvalue weighted by Gasteiger charge is 2.16. The Morgan fingerprint density at radius 1 is 1.07 bits per heavy atom. The van der Waals surface area contributed by atoms with E-state index < -0.39 is 0 Å². The van der Waals surface area contributed by atoms with Crippen LogP contribution in [-0.4, -0.2) is 47.3 Å². The number of methoxy groups -OCH3 is 2. The van der Waals surface area contributed by atoms with Gasteiger partial charge in [0.25, 0.3) is 0 Å². The summed E-state index contributed by atoms with van der Waals surface area (Å²) in [6.45, 7) is 3.12. The molecule has 2 aromatic carbocycles. The molecule has 7 nitrogen and oxygen atoms in total. The lowest BCUT2D eigenvalue weighted by Crippen LogP contribution is -2.15. The van der Waals surface area contributed by atoms with Gasteiger partial charge in [0.2, 0.25) is 5.91 Å². The number of thioether (sulfide) groups is 1. The number of benzene rings is 2. The minimum atomic E-state index is -0.0915. The second-order valence-corrected chi connectivity index (χ2v) is 7.32. The molecule has 1 aromatic heterocycles. The number of ether oxygens (including phenoxy) is 2. The van der Waals surface area contributed by atoms with Crippen molar-refractivity contribution in [1.29, 1.82) is 0 Å². The lowest BCUT2D eigenvalue weighted by Gasteiger charge is -2.10. The van der Waals surface area contributed by atoms with Gasteiger partial charge in [-0.15, -0.1) is 10.2 Å². The summed E-state index contributed by atoms with van der Waals surface area (Å²) in [5, 5.41) is 12.2. The number of aryl methyl sites for hydroxylation is 1. The Morgan fingerprint density at radius 2 is 1.79 bits per heavy atom. The second kappa shape index (κ2) is 10.1. The van der Waals surface area contributed by atoms with Crippen LogP contribution in [0, 0.1) is 6.92 Å². The van der Waals surface area contributed by atoms with Crippen LogP contribution < -0.4 is 10.1 Å². The molecule has 0 aliphatic rings. The third-order valence-corrected chi connectivity index (χ3v) is 5.22. The summed E-state index contributed by atoms with van der Waals surface area (Å²) in [5.41, 5.74) is 2.85. The van der Waals surface area contributed by atoms with E-state index in [1.807, 2.05) is 60.0 Å². The van der Waals surface area contributed by atoms with Crippen molar-refractivity contribution >= 4 is 23.4 Å². The number of carbonyl (C=O) groups is 1. The van der Waals surface area contributed by atoms with Gasteiger partial charge < -0.3 is 14.8 Å². The van der Waals surface area contributed by atoms with Gasteiger partial charge in [-0.2, -0.15) is 0 Å². The maximum absolute atomic E-state index is 12.3. The summed E-state index contributed by atoms with van der Waals surface area (Å²) < 4.78 is 12.4. The number of hydrogen-bond acceptors (Lipinski definition) is 6. The van der Waals surface area contributed by atoms with Crippen molar-refractivity contribution in [2.75, 3.05) is 31.9 Å². The highest BCUT2D eigenvalue weighted by molar-refractivity contribution is 7.99. The number of carbonyl (C=O) groups excluding carboxylic acids is 1. The van der Waals surface area contributed by atoms with Crippen LogP contribution >= 0.6 is 11.8 Å². The molecule has 0 bridgehead atoms. The predicted octanol–water partition coefficient (Wildman–Crippen LogP) is 3.64. The molecule has 1 heterocycles. The normalized spacial score (nSPS) is 10.7. The average Bonchev–Trinajstić information content (AvgIpc) is 3.15. The van der Waals surface area contributed by atoms with Crippen molar-refractivity contribution in [2.45, 2.75) is 18.6 Å². The van der Waals surface area contributed by atoms with Gasteiger partial charge in [0, 0.05) is 18.4 Å². The molecule has 1 amide bonds. The van der Waals surface area contributed by atoms with Crippen molar-refractivity contribution < 1.29 is 14.3 Å². The molecule has 152 valence electrons. The Bertz CT molecular complexity index is 940. The minimum absolute atomic E-state index is 0.0915. The SMILES string of the molecule is COCCn1c(SCC(=O)Nc2ccc(C)cc2)nnc1-c1ccc(OC)cc1. The quantitative estimate of drug-likeness (QED) is 0.541. The molecule has 0 aliphatic carbocycles. The Kier molecular flexibility index (Phi) is 7.26. The Balaban J connectivity index is 1.71. The molecule has 29 heavy (non-hydrogen) atoms. The van der Waals surface area contributed by atoms with Crippen molar-refractivity contribution in [3.63, 3.8) is 0 Å². The van der Waals surface area contributed by atoms with Gasteiger partial charge in [0.1, 0.15) is 5.75 Å². The summed E-state index contributed by atoms with van der Waals surface area (Å²) in [7, 11) is 3.28. The van der Waals surface area contributed by atoms with Crippen molar-refractivity contribution in [3.05, 3.63) is 54.1 Å². The van der Waals surface area contributed by atoms with Crippen LogP contribution in [-0.2, 0) is 16.1 Å². The number of anilines is 1. The monoisotopic (exact) mass is 412 g/mol. The number of hydrogen-bond donors (Lipinski definition) is 1. The molecule has 8 heteroatoms. The molecule has 0 saturated heterocycles. The minimum Gasteiger partial charge on any atom is -0.497 e. The summed E-state index contributed by atoms with van der Waals surface area (Å²) in [5.74, 6) is 1.65. The molecule has 1 N–H and O–H groups in total. The Morgan fingerprint density at radius 3 is 2.45 bits per heavy atom. The van der Waals surface area contributed by atoms with Crippen LogP contribution in [0.5, 0.6) is 5.75 Å². The van der Waals surface area contributed by atoms with E-state index in [4.69, 9.17) is 9.47 Å². The smallest absolute Gasteiger partial charge is 0.234 e. The van der Waals surface area contributed by atoms with Crippen LogP contribution in [0.3, 0.4) is 0 Å². The topological polar surface area (TPSA) is 78.3 Å². The van der Waals surface area contributed by atoms with Crippen molar-refractivity contribution in [2.24, 2.45) is 0 Å². The highest BCUT2D eigenvalue weighted by atomic mass is 32.2. The van der Waals surface area contributed by atoms with E-state index in [-0.39, 0.29) is 11.7 Å². The van der Waals surface area contributed by atoms with E-state index in [9.17, 15) is 4.79 Å². The van der Waals surface area contributed by atoms with Crippen LogP contribution in [0.2, 0.25) is 0 Å². The van der Waals surface area contributed by atoms with Gasteiger partial charge in [-0.25, -0.2) is 0 Å². The van der Waals surface area contributed by atoms with E-state index >= 15 is 0 Å². The fraction of sp³-hybridized carbons (Fsp3) is 0.286. The summed E-state index contributed by atoms with van der Waals surface area (Å²) in [4.78, 5) is 12.3. The molecule has 3 aromatic rings. The van der Waals surface area contributed by atoms with Crippen molar-refractivity contribution in [1.82, 2.24) is 14.8 Å². The van der Waals surface area contributed by atoms with E-state index in [0.29, 0.717) is 18.3 Å². The number of aromatic nitrogens is 3. The Hall–Kier alpha value is -2.84. The predicted molar refractivity (Wildman–Crippen MR) is 114 cm³/mol. The largest absolute Gasteiger partial charge is 0.497 e. The highest BCUT2D eigenvalue weighted by Crippen LogP contribution is 2.25. The molecule has 0 saturated carbocycles. The maximum Gasteiger partial charge on any atom is 0.234 e. The molecule has 0 atom stereocenters. The number of rotatable bonds is 9. The van der Waals surface area contributed by atoms with Gasteiger partial charge in [-0.05, 0) is 43.3 Å². The maximum atomic E-state index is 12.3. The molecule has 0 aliphatic heterocycles. The van der Waals surface area contributed by atoms with Gasteiger partial charge in [-0.1, -0.05) is 29.5 Å². The lowest BCUT2D eigenvalue weighted by atomic mass is 10.2. The van der Waals surface area contributed by atoms with Crippen LogP contribution in [0.1, 0.15) is 5.56 Å². The molecule has 0 spiro atoms. The van der Waals surface area contributed by atoms with Gasteiger partial charge in [0.15, 0.2) is 11.0 Å². The fourth-order valence-corrected chi connectivity index (χ4v) is 3.46. The summed E-state index contributed by atoms with van der Waals surface area (Å²) in [6, 6.07) is 15.3. The van der Waals surface area contributed by atoms with Gasteiger partial charge in [0.05, 0.1) is 26.0 Å². The van der Waals surface area contributed by atoms with Crippen molar-refractivity contribution in [3.8, 4) is 17.1 Å². The molecule has 0 radical (unpaired) electrons. The lowest BCUT2D eigenvalue weighted by molar-refractivity contribution is -0.113. The first-order valence-corrected chi connectivity index (χ1v) is 10.1. The van der Waals surface area contributed by atoms with Gasteiger partial charge >= 0.3 is 0 Å².